The molecule has 194 valence electrons. The van der Waals surface area contributed by atoms with Gasteiger partial charge in [-0.2, -0.15) is 31.3 Å². The Morgan fingerprint density at radius 1 is 1.03 bits per heavy atom. The van der Waals surface area contributed by atoms with Crippen molar-refractivity contribution in [2.45, 2.75) is 45.1 Å². The fourth-order valence-corrected chi connectivity index (χ4v) is 5.94. The minimum Gasteiger partial charge on any atom is -0.438 e. The van der Waals surface area contributed by atoms with Gasteiger partial charge in [-0.05, 0) is 48.9 Å². The van der Waals surface area contributed by atoms with Gasteiger partial charge in [0.15, 0.2) is 0 Å². The monoisotopic (exact) mass is 531 g/mol. The quantitative estimate of drug-likeness (QED) is 0.361. The van der Waals surface area contributed by atoms with Crippen molar-refractivity contribution in [2.75, 3.05) is 26.3 Å². The van der Waals surface area contributed by atoms with Crippen molar-refractivity contribution >= 4 is 21.6 Å². The standard InChI is InChI=1S/C24H23F6N3O2S/c1-13-2-3-17-18(8-13)36-22-20(17)21(31-19(32-22)12-33-4-6-34-7-5-33)35-16-10-14(23(25,26)27)9-15(11-16)24(28,29)30/h9-11,13H,2-8,12H2,1H3/t13-/m0/s1. The molecule has 5 nitrogen and oxygen atoms in total. The van der Waals surface area contributed by atoms with Gasteiger partial charge in [0.05, 0.1) is 36.3 Å². The van der Waals surface area contributed by atoms with Gasteiger partial charge >= 0.3 is 12.4 Å². The zero-order chi connectivity index (χ0) is 25.7. The molecule has 3 aromatic rings. The number of alkyl halides is 6. The van der Waals surface area contributed by atoms with Gasteiger partial charge in [-0.1, -0.05) is 6.92 Å². The molecule has 0 unspecified atom stereocenters. The molecule has 0 radical (unpaired) electrons. The molecule has 1 aromatic carbocycles. The molecule has 1 aliphatic carbocycles. The van der Waals surface area contributed by atoms with Crippen LogP contribution in [-0.2, 0) is 36.5 Å². The average molecular weight is 532 g/mol. The first kappa shape index (κ1) is 25.2. The maximum atomic E-state index is 13.4. The van der Waals surface area contributed by atoms with Crippen LogP contribution in [0.1, 0.15) is 40.7 Å². The summed E-state index contributed by atoms with van der Waals surface area (Å²) in [4.78, 5) is 13.0. The predicted octanol–water partition coefficient (Wildman–Crippen LogP) is 6.48. The van der Waals surface area contributed by atoms with Gasteiger partial charge in [0.25, 0.3) is 0 Å². The van der Waals surface area contributed by atoms with Crippen LogP contribution in [0.4, 0.5) is 26.3 Å². The second-order valence-electron chi connectivity index (χ2n) is 9.21. The third-order valence-electron chi connectivity index (χ3n) is 6.41. The number of nitrogens with zero attached hydrogens (tertiary/aromatic N) is 3. The van der Waals surface area contributed by atoms with Crippen molar-refractivity contribution in [1.29, 1.82) is 0 Å². The highest BCUT2D eigenvalue weighted by atomic mass is 32.1. The van der Waals surface area contributed by atoms with E-state index < -0.39 is 29.2 Å². The Balaban J connectivity index is 1.60. The number of aromatic nitrogens is 2. The van der Waals surface area contributed by atoms with Crippen molar-refractivity contribution in [1.82, 2.24) is 14.9 Å². The molecule has 1 saturated heterocycles. The molecule has 1 aliphatic heterocycles. The molecule has 0 amide bonds. The molecule has 0 bridgehead atoms. The van der Waals surface area contributed by atoms with E-state index in [1.807, 2.05) is 0 Å². The summed E-state index contributed by atoms with van der Waals surface area (Å²) in [5.41, 5.74) is -1.91. The first-order chi connectivity index (χ1) is 17.0. The lowest BCUT2D eigenvalue weighted by Crippen LogP contribution is -2.36. The number of rotatable bonds is 4. The Morgan fingerprint density at radius 2 is 1.69 bits per heavy atom. The van der Waals surface area contributed by atoms with Gasteiger partial charge in [0.1, 0.15) is 16.4 Å². The summed E-state index contributed by atoms with van der Waals surface area (Å²) in [6, 6.07) is 1.23. The van der Waals surface area contributed by atoms with Gasteiger partial charge in [-0.3, -0.25) is 4.90 Å². The number of halogens is 6. The summed E-state index contributed by atoms with van der Waals surface area (Å²) >= 11 is 1.48. The highest BCUT2D eigenvalue weighted by molar-refractivity contribution is 7.18. The second-order valence-corrected chi connectivity index (χ2v) is 10.3. The Bertz CT molecular complexity index is 1240. The lowest BCUT2D eigenvalue weighted by atomic mass is 9.89. The van der Waals surface area contributed by atoms with Crippen LogP contribution in [0, 0.1) is 5.92 Å². The smallest absolute Gasteiger partial charge is 0.416 e. The lowest BCUT2D eigenvalue weighted by molar-refractivity contribution is -0.143. The van der Waals surface area contributed by atoms with E-state index in [1.54, 1.807) is 0 Å². The number of fused-ring (bicyclic) bond motifs is 3. The summed E-state index contributed by atoms with van der Waals surface area (Å²) < 4.78 is 91.5. The topological polar surface area (TPSA) is 47.5 Å². The van der Waals surface area contributed by atoms with Crippen molar-refractivity contribution in [2.24, 2.45) is 5.92 Å². The Hall–Kier alpha value is -2.44. The van der Waals surface area contributed by atoms with E-state index in [0.29, 0.717) is 66.9 Å². The SMILES string of the molecule is C[C@H]1CCc2c(sc3nc(CN4CCOCC4)nc(Oc4cc(C(F)(F)F)cc(C(F)(F)F)c4)c23)C1. The van der Waals surface area contributed by atoms with Crippen molar-refractivity contribution in [3.05, 3.63) is 45.6 Å². The predicted molar refractivity (Wildman–Crippen MR) is 121 cm³/mol. The third-order valence-corrected chi connectivity index (χ3v) is 7.56. The third kappa shape index (κ3) is 5.30. The number of hydrogen-bond acceptors (Lipinski definition) is 6. The van der Waals surface area contributed by atoms with Crippen LogP contribution in [0.15, 0.2) is 18.2 Å². The van der Waals surface area contributed by atoms with Crippen LogP contribution in [0.2, 0.25) is 0 Å². The molecule has 1 atom stereocenters. The molecule has 1 fully saturated rings. The molecule has 0 spiro atoms. The lowest BCUT2D eigenvalue weighted by Gasteiger charge is -2.25. The molecule has 5 rings (SSSR count). The molecule has 3 heterocycles. The van der Waals surface area contributed by atoms with Crippen LogP contribution in [0.3, 0.4) is 0 Å². The first-order valence-electron chi connectivity index (χ1n) is 11.6. The summed E-state index contributed by atoms with van der Waals surface area (Å²) in [6.07, 6.45) is -7.49. The minimum absolute atomic E-state index is 0.0113. The van der Waals surface area contributed by atoms with E-state index in [-0.39, 0.29) is 11.9 Å². The summed E-state index contributed by atoms with van der Waals surface area (Å²) in [7, 11) is 0. The van der Waals surface area contributed by atoms with Crippen LogP contribution < -0.4 is 4.74 Å². The second kappa shape index (κ2) is 9.46. The first-order valence-corrected chi connectivity index (χ1v) is 12.4. The molecule has 2 aliphatic rings. The number of thiophene rings is 1. The highest BCUT2D eigenvalue weighted by Gasteiger charge is 2.37. The van der Waals surface area contributed by atoms with Gasteiger partial charge in [-0.25, -0.2) is 4.98 Å². The Morgan fingerprint density at radius 3 is 2.33 bits per heavy atom. The highest BCUT2D eigenvalue weighted by Crippen LogP contribution is 2.44. The van der Waals surface area contributed by atoms with E-state index in [2.05, 4.69) is 16.8 Å². The molecule has 2 aromatic heterocycles. The van der Waals surface area contributed by atoms with Gasteiger partial charge in [0, 0.05) is 18.0 Å². The zero-order valence-corrected chi connectivity index (χ0v) is 20.1. The fraction of sp³-hybridized carbons (Fsp3) is 0.500. The van der Waals surface area contributed by atoms with Crippen LogP contribution >= 0.6 is 11.3 Å². The Labute approximate surface area is 207 Å². The van der Waals surface area contributed by atoms with Crippen molar-refractivity contribution < 1.29 is 35.8 Å². The maximum Gasteiger partial charge on any atom is 0.416 e. The number of benzene rings is 1. The Kier molecular flexibility index (Phi) is 6.63. The van der Waals surface area contributed by atoms with Gasteiger partial charge in [0.2, 0.25) is 5.88 Å². The number of aryl methyl sites for hydroxylation is 1. The summed E-state index contributed by atoms with van der Waals surface area (Å²) in [6.45, 7) is 4.95. The van der Waals surface area contributed by atoms with E-state index in [0.717, 1.165) is 29.7 Å². The summed E-state index contributed by atoms with van der Waals surface area (Å²) in [5.74, 6) is 0.281. The maximum absolute atomic E-state index is 13.4. The van der Waals surface area contributed by atoms with Gasteiger partial charge < -0.3 is 9.47 Å². The summed E-state index contributed by atoms with van der Waals surface area (Å²) in [5, 5.41) is 0.568. The molecule has 36 heavy (non-hydrogen) atoms. The zero-order valence-electron chi connectivity index (χ0n) is 19.3. The van der Waals surface area contributed by atoms with Crippen molar-refractivity contribution in [3.8, 4) is 11.6 Å². The number of hydrogen-bond donors (Lipinski definition) is 0. The van der Waals surface area contributed by atoms with E-state index in [4.69, 9.17) is 14.5 Å². The van der Waals surface area contributed by atoms with E-state index in [1.165, 1.54) is 11.3 Å². The van der Waals surface area contributed by atoms with Crippen LogP contribution in [0.25, 0.3) is 10.2 Å². The van der Waals surface area contributed by atoms with Crippen LogP contribution in [-0.4, -0.2) is 41.2 Å². The largest absolute Gasteiger partial charge is 0.438 e. The molecule has 0 N–H and O–H groups in total. The average Bonchev–Trinajstić information content (AvgIpc) is 3.16. The number of ether oxygens (including phenoxy) is 2. The number of morpholine rings is 1. The van der Waals surface area contributed by atoms with E-state index >= 15 is 0 Å². The minimum atomic E-state index is -4.97. The molecule has 0 saturated carbocycles. The molecular formula is C24H23F6N3O2S. The molecular weight excluding hydrogens is 508 g/mol. The van der Waals surface area contributed by atoms with Crippen molar-refractivity contribution in [3.63, 3.8) is 0 Å². The van der Waals surface area contributed by atoms with Crippen LogP contribution in [0.5, 0.6) is 11.6 Å². The fourth-order valence-electron chi connectivity index (χ4n) is 4.55. The van der Waals surface area contributed by atoms with E-state index in [9.17, 15) is 26.3 Å². The molecule has 12 heteroatoms. The normalized spacial score (nSPS) is 19.5. The van der Waals surface area contributed by atoms with Gasteiger partial charge in [-0.15, -0.1) is 11.3 Å².